The molecule has 7 nitrogen and oxygen atoms in total. The van der Waals surface area contributed by atoms with Crippen molar-refractivity contribution in [1.29, 1.82) is 0 Å². The second kappa shape index (κ2) is 8.14. The van der Waals surface area contributed by atoms with Gasteiger partial charge in [0.15, 0.2) is 11.5 Å². The normalized spacial score (nSPS) is 10.3. The second-order valence-corrected chi connectivity index (χ2v) is 5.08. The number of carbonyl (C=O) groups is 2. The highest BCUT2D eigenvalue weighted by molar-refractivity contribution is 6.39. The van der Waals surface area contributed by atoms with Crippen molar-refractivity contribution in [3.63, 3.8) is 0 Å². The van der Waals surface area contributed by atoms with E-state index in [-0.39, 0.29) is 0 Å². The molecule has 0 fully saturated rings. The van der Waals surface area contributed by atoms with E-state index in [1.54, 1.807) is 10.9 Å². The van der Waals surface area contributed by atoms with Crippen LogP contribution in [0.15, 0.2) is 30.6 Å². The van der Waals surface area contributed by atoms with Crippen LogP contribution < -0.4 is 14.8 Å². The molecule has 0 aliphatic carbocycles. The van der Waals surface area contributed by atoms with Crippen LogP contribution in [0.5, 0.6) is 11.5 Å². The van der Waals surface area contributed by atoms with Crippen molar-refractivity contribution in [2.75, 3.05) is 18.5 Å². The average Bonchev–Trinajstić information content (AvgIpc) is 2.97. The fourth-order valence-electron chi connectivity index (χ4n) is 2.11. The first kappa shape index (κ1) is 17.5. The SMILES string of the molecule is CCOc1ccc(Cn2cc(NC(=O)C(C)=O)cn2)cc1OCC. The van der Waals surface area contributed by atoms with Gasteiger partial charge in [0.25, 0.3) is 5.91 Å². The number of hydrogen-bond acceptors (Lipinski definition) is 5. The molecule has 128 valence electrons. The molecule has 2 aromatic rings. The summed E-state index contributed by atoms with van der Waals surface area (Å²) in [5.74, 6) is 0.192. The van der Waals surface area contributed by atoms with Crippen molar-refractivity contribution in [2.24, 2.45) is 0 Å². The topological polar surface area (TPSA) is 82.5 Å². The number of hydrogen-bond donors (Lipinski definition) is 1. The van der Waals surface area contributed by atoms with E-state index in [2.05, 4.69) is 10.4 Å². The summed E-state index contributed by atoms with van der Waals surface area (Å²) in [5.41, 5.74) is 1.46. The summed E-state index contributed by atoms with van der Waals surface area (Å²) in [6.07, 6.45) is 3.16. The minimum Gasteiger partial charge on any atom is -0.490 e. The highest BCUT2D eigenvalue weighted by atomic mass is 16.5. The summed E-state index contributed by atoms with van der Waals surface area (Å²) in [7, 11) is 0. The Hall–Kier alpha value is -2.83. The molecule has 1 N–H and O–H groups in total. The maximum atomic E-state index is 11.4. The zero-order chi connectivity index (χ0) is 17.5. The number of nitrogens with zero attached hydrogens (tertiary/aromatic N) is 2. The minimum atomic E-state index is -0.658. The Morgan fingerprint density at radius 3 is 2.54 bits per heavy atom. The molecule has 0 radical (unpaired) electrons. The van der Waals surface area contributed by atoms with E-state index in [1.165, 1.54) is 13.1 Å². The Bertz CT molecular complexity index is 724. The maximum Gasteiger partial charge on any atom is 0.291 e. The fourth-order valence-corrected chi connectivity index (χ4v) is 2.11. The predicted molar refractivity (Wildman–Crippen MR) is 89.4 cm³/mol. The number of ether oxygens (including phenoxy) is 2. The number of anilines is 1. The minimum absolute atomic E-state index is 0.478. The molecule has 1 amide bonds. The third-order valence-corrected chi connectivity index (χ3v) is 3.16. The zero-order valence-electron chi connectivity index (χ0n) is 14.0. The van der Waals surface area contributed by atoms with Crippen LogP contribution >= 0.6 is 0 Å². The maximum absolute atomic E-state index is 11.4. The Labute approximate surface area is 140 Å². The quantitative estimate of drug-likeness (QED) is 0.750. The third kappa shape index (κ3) is 4.58. The first-order chi connectivity index (χ1) is 11.5. The van der Waals surface area contributed by atoms with Crippen molar-refractivity contribution in [2.45, 2.75) is 27.3 Å². The molecule has 0 bridgehead atoms. The lowest BCUT2D eigenvalue weighted by Crippen LogP contribution is -2.19. The number of aromatic nitrogens is 2. The molecule has 0 unspecified atom stereocenters. The number of rotatable bonds is 8. The molecule has 0 saturated heterocycles. The molecule has 24 heavy (non-hydrogen) atoms. The Balaban J connectivity index is 2.10. The van der Waals surface area contributed by atoms with Gasteiger partial charge in [0, 0.05) is 13.1 Å². The van der Waals surface area contributed by atoms with Crippen LogP contribution in [0.2, 0.25) is 0 Å². The zero-order valence-corrected chi connectivity index (χ0v) is 14.0. The van der Waals surface area contributed by atoms with E-state index in [1.807, 2.05) is 32.0 Å². The summed E-state index contributed by atoms with van der Waals surface area (Å²) < 4.78 is 12.8. The second-order valence-electron chi connectivity index (χ2n) is 5.08. The van der Waals surface area contributed by atoms with E-state index in [0.717, 1.165) is 5.56 Å². The lowest BCUT2D eigenvalue weighted by molar-refractivity contribution is -0.133. The molecule has 7 heteroatoms. The fraction of sp³-hybridized carbons (Fsp3) is 0.353. The smallest absolute Gasteiger partial charge is 0.291 e. The van der Waals surface area contributed by atoms with Gasteiger partial charge in [-0.25, -0.2) is 0 Å². The molecule has 1 heterocycles. The summed E-state index contributed by atoms with van der Waals surface area (Å²) in [4.78, 5) is 22.3. The first-order valence-electron chi connectivity index (χ1n) is 7.76. The Kier molecular flexibility index (Phi) is 5.95. The molecule has 1 aromatic heterocycles. The van der Waals surface area contributed by atoms with Crippen molar-refractivity contribution in [3.8, 4) is 11.5 Å². The van der Waals surface area contributed by atoms with Gasteiger partial charge >= 0.3 is 0 Å². The number of nitrogens with one attached hydrogen (secondary N) is 1. The van der Waals surface area contributed by atoms with E-state index in [0.29, 0.717) is 36.9 Å². The molecule has 1 aromatic carbocycles. The largest absolute Gasteiger partial charge is 0.490 e. The van der Waals surface area contributed by atoms with Gasteiger partial charge in [-0.3, -0.25) is 14.3 Å². The van der Waals surface area contributed by atoms with Crippen LogP contribution in [0.1, 0.15) is 26.3 Å². The number of carbonyl (C=O) groups excluding carboxylic acids is 2. The van der Waals surface area contributed by atoms with E-state index in [9.17, 15) is 9.59 Å². The van der Waals surface area contributed by atoms with Crippen LogP contribution in [-0.4, -0.2) is 34.7 Å². The van der Waals surface area contributed by atoms with Crippen LogP contribution in [0.25, 0.3) is 0 Å². The first-order valence-corrected chi connectivity index (χ1v) is 7.76. The van der Waals surface area contributed by atoms with Crippen molar-refractivity contribution < 1.29 is 19.1 Å². The monoisotopic (exact) mass is 331 g/mol. The molecule has 0 aliphatic rings. The average molecular weight is 331 g/mol. The number of Topliss-reactive ketones (excluding diaryl/α,β-unsaturated/α-hetero) is 1. The van der Waals surface area contributed by atoms with E-state index in [4.69, 9.17) is 9.47 Å². The van der Waals surface area contributed by atoms with Crippen molar-refractivity contribution in [3.05, 3.63) is 36.2 Å². The van der Waals surface area contributed by atoms with Crippen LogP contribution in [0.3, 0.4) is 0 Å². The summed E-state index contributed by atoms with van der Waals surface area (Å²) in [5, 5.41) is 6.67. The molecule has 0 aliphatic heterocycles. The van der Waals surface area contributed by atoms with E-state index >= 15 is 0 Å². The van der Waals surface area contributed by atoms with Crippen molar-refractivity contribution >= 4 is 17.4 Å². The van der Waals surface area contributed by atoms with Gasteiger partial charge in [-0.1, -0.05) is 6.07 Å². The highest BCUT2D eigenvalue weighted by Crippen LogP contribution is 2.28. The van der Waals surface area contributed by atoms with Crippen LogP contribution in [0, 0.1) is 0 Å². The van der Waals surface area contributed by atoms with Gasteiger partial charge in [0.2, 0.25) is 5.78 Å². The summed E-state index contributed by atoms with van der Waals surface area (Å²) >= 11 is 0. The Morgan fingerprint density at radius 1 is 1.17 bits per heavy atom. The van der Waals surface area contributed by atoms with Gasteiger partial charge in [-0.2, -0.15) is 5.10 Å². The molecule has 2 rings (SSSR count). The molecule has 0 saturated carbocycles. The number of ketones is 1. The van der Waals surface area contributed by atoms with Gasteiger partial charge in [-0.15, -0.1) is 0 Å². The van der Waals surface area contributed by atoms with Gasteiger partial charge in [0.1, 0.15) is 0 Å². The van der Waals surface area contributed by atoms with Crippen LogP contribution in [0.4, 0.5) is 5.69 Å². The van der Waals surface area contributed by atoms with Crippen LogP contribution in [-0.2, 0) is 16.1 Å². The Morgan fingerprint density at radius 2 is 1.88 bits per heavy atom. The third-order valence-electron chi connectivity index (χ3n) is 3.16. The van der Waals surface area contributed by atoms with Gasteiger partial charge in [-0.05, 0) is 31.5 Å². The summed E-state index contributed by atoms with van der Waals surface area (Å²) in [6.45, 7) is 6.67. The van der Waals surface area contributed by atoms with E-state index < -0.39 is 11.7 Å². The number of benzene rings is 1. The number of amides is 1. The molecular formula is C17H21N3O4. The lowest BCUT2D eigenvalue weighted by atomic mass is 10.2. The predicted octanol–water partition coefficient (Wildman–Crippen LogP) is 2.26. The molecule has 0 spiro atoms. The molecular weight excluding hydrogens is 310 g/mol. The molecule has 0 atom stereocenters. The summed E-state index contributed by atoms with van der Waals surface area (Å²) in [6, 6.07) is 5.71. The van der Waals surface area contributed by atoms with Crippen molar-refractivity contribution in [1.82, 2.24) is 9.78 Å². The van der Waals surface area contributed by atoms with Gasteiger partial charge < -0.3 is 14.8 Å². The standard InChI is InChI=1S/C17H21N3O4/c1-4-23-15-7-6-13(8-16(15)24-5-2)10-20-11-14(9-18-20)19-17(22)12(3)21/h6-9,11H,4-5,10H2,1-3H3,(H,19,22). The highest BCUT2D eigenvalue weighted by Gasteiger charge is 2.10. The lowest BCUT2D eigenvalue weighted by Gasteiger charge is -2.12. The van der Waals surface area contributed by atoms with Gasteiger partial charge in [0.05, 0.1) is 31.6 Å².